The first kappa shape index (κ1) is 29.5. The molecule has 6 nitrogen and oxygen atoms in total. The number of anilines is 1. The predicted octanol–water partition coefficient (Wildman–Crippen LogP) is 7.72. The van der Waals surface area contributed by atoms with Gasteiger partial charge in [-0.1, -0.05) is 59.1 Å². The van der Waals surface area contributed by atoms with Crippen LogP contribution < -0.4 is 15.0 Å². The third kappa shape index (κ3) is 6.92. The maximum atomic E-state index is 13.4. The van der Waals surface area contributed by atoms with E-state index in [4.69, 9.17) is 34.8 Å². The molecule has 2 aromatic carbocycles. The molecule has 1 saturated heterocycles. The number of halogens is 6. The molecule has 2 amide bonds. The van der Waals surface area contributed by atoms with Gasteiger partial charge in [-0.05, 0) is 73.5 Å². The summed E-state index contributed by atoms with van der Waals surface area (Å²) in [6, 6.07) is 13.2. The molecule has 3 aromatic rings. The lowest BCUT2D eigenvalue weighted by atomic mass is 9.74. The average molecular weight is 626 g/mol. The number of benzene rings is 2. The summed E-state index contributed by atoms with van der Waals surface area (Å²) in [6.45, 7) is 2.55. The number of likely N-dealkylation sites (tertiary alicyclic amines) is 1. The molecule has 2 aliphatic rings. The van der Waals surface area contributed by atoms with Crippen molar-refractivity contribution in [3.8, 4) is 5.75 Å². The van der Waals surface area contributed by atoms with Crippen LogP contribution in [0.3, 0.4) is 0 Å². The molecule has 1 aromatic heterocycles. The molecule has 216 valence electrons. The number of rotatable bonds is 6. The van der Waals surface area contributed by atoms with Crippen LogP contribution in [0.5, 0.6) is 5.75 Å². The Kier molecular flexibility index (Phi) is 8.70. The van der Waals surface area contributed by atoms with Crippen LogP contribution >= 0.6 is 34.8 Å². The lowest BCUT2D eigenvalue weighted by Gasteiger charge is -2.40. The van der Waals surface area contributed by atoms with E-state index in [1.807, 2.05) is 30.3 Å². The van der Waals surface area contributed by atoms with Crippen molar-refractivity contribution in [3.05, 3.63) is 92.7 Å². The fourth-order valence-corrected chi connectivity index (χ4v) is 6.16. The number of pyridine rings is 1. The van der Waals surface area contributed by atoms with Crippen LogP contribution in [0.15, 0.2) is 60.8 Å². The van der Waals surface area contributed by atoms with Gasteiger partial charge in [-0.2, -0.15) is 0 Å². The largest absolute Gasteiger partial charge is 0.573 e. The number of urea groups is 1. The molecule has 1 spiro atoms. The Morgan fingerprint density at radius 2 is 1.80 bits per heavy atom. The Labute approximate surface area is 250 Å². The normalized spacial score (nSPS) is 16.8. The van der Waals surface area contributed by atoms with Gasteiger partial charge in [-0.3, -0.25) is 9.80 Å². The van der Waals surface area contributed by atoms with Gasteiger partial charge in [0.15, 0.2) is 0 Å². The Hall–Kier alpha value is -2.98. The van der Waals surface area contributed by atoms with Crippen molar-refractivity contribution in [2.75, 3.05) is 31.1 Å². The molecule has 1 fully saturated rings. The van der Waals surface area contributed by atoms with E-state index in [0.717, 1.165) is 17.2 Å². The smallest absolute Gasteiger partial charge is 0.404 e. The van der Waals surface area contributed by atoms with Crippen molar-refractivity contribution in [3.63, 3.8) is 0 Å². The van der Waals surface area contributed by atoms with Gasteiger partial charge in [0.1, 0.15) is 10.9 Å². The lowest BCUT2D eigenvalue weighted by molar-refractivity contribution is -0.274. The van der Waals surface area contributed by atoms with E-state index in [0.29, 0.717) is 53.9 Å². The Balaban J connectivity index is 1.34. The Morgan fingerprint density at radius 1 is 1.07 bits per heavy atom. The van der Waals surface area contributed by atoms with Crippen molar-refractivity contribution in [1.82, 2.24) is 15.2 Å². The summed E-state index contributed by atoms with van der Waals surface area (Å²) in [4.78, 5) is 21.1. The summed E-state index contributed by atoms with van der Waals surface area (Å²) < 4.78 is 43.6. The van der Waals surface area contributed by atoms with E-state index < -0.39 is 17.5 Å². The van der Waals surface area contributed by atoms with Gasteiger partial charge in [-0.15, -0.1) is 13.2 Å². The molecule has 41 heavy (non-hydrogen) atoms. The van der Waals surface area contributed by atoms with Gasteiger partial charge in [0.2, 0.25) is 0 Å². The first-order valence-electron chi connectivity index (χ1n) is 12.9. The van der Waals surface area contributed by atoms with Crippen LogP contribution in [0.1, 0.15) is 29.5 Å². The van der Waals surface area contributed by atoms with E-state index in [-0.39, 0.29) is 24.1 Å². The molecular formula is C29H26Cl3F3N4O2. The number of hydrogen-bond donors (Lipinski definition) is 1. The third-order valence-corrected chi connectivity index (χ3v) is 8.26. The summed E-state index contributed by atoms with van der Waals surface area (Å²) in [5.41, 5.74) is 2.17. The van der Waals surface area contributed by atoms with Gasteiger partial charge in [-0.25, -0.2) is 9.78 Å². The van der Waals surface area contributed by atoms with Gasteiger partial charge in [0.25, 0.3) is 0 Å². The van der Waals surface area contributed by atoms with Crippen LogP contribution in [-0.2, 0) is 12.0 Å². The fourth-order valence-electron chi connectivity index (χ4n) is 5.44. The van der Waals surface area contributed by atoms with E-state index in [2.05, 4.69) is 26.0 Å². The minimum Gasteiger partial charge on any atom is -0.404 e. The zero-order valence-corrected chi connectivity index (χ0v) is 24.0. The van der Waals surface area contributed by atoms with Gasteiger partial charge in [0.05, 0.1) is 10.7 Å². The van der Waals surface area contributed by atoms with Gasteiger partial charge >= 0.3 is 12.4 Å². The summed E-state index contributed by atoms with van der Waals surface area (Å²) in [7, 11) is 0. The first-order chi connectivity index (χ1) is 19.5. The number of nitrogens with zero attached hydrogens (tertiary/aromatic N) is 3. The average Bonchev–Trinajstić information content (AvgIpc) is 3.25. The van der Waals surface area contributed by atoms with Crippen LogP contribution in [-0.4, -0.2) is 48.5 Å². The molecule has 0 bridgehead atoms. The lowest BCUT2D eigenvalue weighted by Crippen LogP contribution is -2.47. The van der Waals surface area contributed by atoms with Crippen LogP contribution in [0.4, 0.5) is 23.7 Å². The first-order valence-corrected chi connectivity index (χ1v) is 14.1. The molecule has 12 heteroatoms. The second-order valence-electron chi connectivity index (χ2n) is 10.1. The van der Waals surface area contributed by atoms with E-state index in [1.54, 1.807) is 23.2 Å². The number of aromatic nitrogens is 1. The highest BCUT2D eigenvalue weighted by molar-refractivity contribution is 6.33. The van der Waals surface area contributed by atoms with Crippen molar-refractivity contribution in [1.29, 1.82) is 0 Å². The topological polar surface area (TPSA) is 57.7 Å². The fraction of sp³-hybridized carbons (Fsp3) is 0.310. The molecule has 0 aliphatic carbocycles. The standard InChI is InChI=1S/C29H26Cl3F3N4O2/c30-21-5-3-19(4-6-21)2-1-13-38-14-10-28(11-15-38)18-39(27(40)37-17-20-9-12-36-24(31)16-20)22-7-8-23(26(32)25(22)28)41-29(33,34)35/h1-9,12,16H,10-11,13-15,17-18H2,(H,37,40). The molecule has 5 rings (SSSR count). The molecule has 3 heterocycles. The predicted molar refractivity (Wildman–Crippen MR) is 155 cm³/mol. The summed E-state index contributed by atoms with van der Waals surface area (Å²) in [6.07, 6.45) is 1.94. The molecule has 0 atom stereocenters. The minimum atomic E-state index is -4.90. The second-order valence-corrected chi connectivity index (χ2v) is 11.3. The van der Waals surface area contributed by atoms with Crippen LogP contribution in [0, 0.1) is 0 Å². The number of alkyl halides is 3. The van der Waals surface area contributed by atoms with Gasteiger partial charge in [0, 0.05) is 41.8 Å². The summed E-state index contributed by atoms with van der Waals surface area (Å²) in [5, 5.41) is 3.74. The monoisotopic (exact) mass is 624 g/mol. The molecule has 0 saturated carbocycles. The van der Waals surface area contributed by atoms with E-state index >= 15 is 0 Å². The highest BCUT2D eigenvalue weighted by Gasteiger charge is 2.49. The number of hydrogen-bond acceptors (Lipinski definition) is 4. The number of nitrogens with one attached hydrogen (secondary N) is 1. The van der Waals surface area contributed by atoms with Crippen LogP contribution in [0.2, 0.25) is 15.2 Å². The molecule has 0 unspecified atom stereocenters. The van der Waals surface area contributed by atoms with Crippen molar-refractivity contribution >= 4 is 52.6 Å². The van der Waals surface area contributed by atoms with Crippen molar-refractivity contribution < 1.29 is 22.7 Å². The summed E-state index contributed by atoms with van der Waals surface area (Å²) in [5.74, 6) is -0.473. The van der Waals surface area contributed by atoms with Gasteiger partial charge < -0.3 is 10.1 Å². The quantitative estimate of drug-likeness (QED) is 0.285. The van der Waals surface area contributed by atoms with Crippen LogP contribution in [0.25, 0.3) is 6.08 Å². The number of amides is 2. The minimum absolute atomic E-state index is 0.118. The van der Waals surface area contributed by atoms with E-state index in [1.165, 1.54) is 6.07 Å². The number of ether oxygens (including phenoxy) is 1. The number of carbonyl (C=O) groups is 1. The molecule has 0 radical (unpaired) electrons. The SMILES string of the molecule is O=C(NCc1ccnc(Cl)c1)N1CC2(CCN(CC=Cc3ccc(Cl)cc3)CC2)c2c1ccc(OC(F)(F)F)c2Cl. The van der Waals surface area contributed by atoms with Crippen molar-refractivity contribution in [2.45, 2.75) is 31.2 Å². The van der Waals surface area contributed by atoms with Crippen molar-refractivity contribution in [2.24, 2.45) is 0 Å². The highest BCUT2D eigenvalue weighted by Crippen LogP contribution is 2.53. The second kappa shape index (κ2) is 12.1. The molecule has 1 N–H and O–H groups in total. The summed E-state index contributed by atoms with van der Waals surface area (Å²) >= 11 is 18.5. The number of piperidine rings is 1. The maximum Gasteiger partial charge on any atom is 0.573 e. The Morgan fingerprint density at radius 3 is 2.49 bits per heavy atom. The highest BCUT2D eigenvalue weighted by atomic mass is 35.5. The molecular weight excluding hydrogens is 600 g/mol. The number of carbonyl (C=O) groups excluding carboxylic acids is 1. The van der Waals surface area contributed by atoms with E-state index in [9.17, 15) is 18.0 Å². The third-order valence-electron chi connectivity index (χ3n) is 7.43. The molecule has 2 aliphatic heterocycles. The number of fused-ring (bicyclic) bond motifs is 2. The zero-order valence-electron chi connectivity index (χ0n) is 21.7. The Bertz CT molecular complexity index is 1440. The zero-order chi connectivity index (χ0) is 29.2. The maximum absolute atomic E-state index is 13.4.